The van der Waals surface area contributed by atoms with Crippen LogP contribution in [0, 0.1) is 5.82 Å². The lowest BCUT2D eigenvalue weighted by Crippen LogP contribution is -2.46. The van der Waals surface area contributed by atoms with Crippen molar-refractivity contribution in [1.82, 2.24) is 4.90 Å². The molecule has 1 aliphatic rings. The summed E-state index contributed by atoms with van der Waals surface area (Å²) in [7, 11) is 1.54. The van der Waals surface area contributed by atoms with Crippen molar-refractivity contribution >= 4 is 34.9 Å². The van der Waals surface area contributed by atoms with Gasteiger partial charge in [-0.2, -0.15) is 0 Å². The summed E-state index contributed by atoms with van der Waals surface area (Å²) in [5.41, 5.74) is 3.21. The summed E-state index contributed by atoms with van der Waals surface area (Å²) in [6, 6.07) is 25.2. The van der Waals surface area contributed by atoms with Crippen LogP contribution in [0.25, 0.3) is 0 Å². The van der Waals surface area contributed by atoms with Crippen LogP contribution in [0.2, 0.25) is 0 Å². The van der Waals surface area contributed by atoms with Gasteiger partial charge in [0.05, 0.1) is 18.4 Å². The summed E-state index contributed by atoms with van der Waals surface area (Å²) >= 11 is 0. The molecular formula is C35H32FN3O5. The van der Waals surface area contributed by atoms with Crippen LogP contribution in [0.5, 0.6) is 5.75 Å². The van der Waals surface area contributed by atoms with E-state index in [0.29, 0.717) is 28.3 Å². The molecule has 0 aliphatic carbocycles. The van der Waals surface area contributed by atoms with Gasteiger partial charge in [0.1, 0.15) is 24.2 Å². The number of carbonyl (C=O) groups excluding carboxylic acids is 4. The second-order valence-electron chi connectivity index (χ2n) is 10.8. The molecule has 5 rings (SSSR count). The highest BCUT2D eigenvalue weighted by Crippen LogP contribution is 2.31. The van der Waals surface area contributed by atoms with E-state index in [1.54, 1.807) is 61.7 Å². The van der Waals surface area contributed by atoms with E-state index in [0.717, 1.165) is 10.5 Å². The Bertz CT molecular complexity index is 1690. The maximum absolute atomic E-state index is 14.2. The van der Waals surface area contributed by atoms with Gasteiger partial charge in [-0.15, -0.1) is 0 Å². The lowest BCUT2D eigenvalue weighted by molar-refractivity contribution is -0.139. The number of para-hydroxylation sites is 1. The maximum atomic E-state index is 14.2. The first kappa shape index (κ1) is 30.2. The summed E-state index contributed by atoms with van der Waals surface area (Å²) in [5.74, 6) is -2.17. The quantitative estimate of drug-likeness (QED) is 0.231. The number of methoxy groups -OCH3 is 1. The zero-order valence-corrected chi connectivity index (χ0v) is 24.6. The lowest BCUT2D eigenvalue weighted by Gasteiger charge is -2.33. The topological polar surface area (TPSA) is 96.0 Å². The molecule has 1 N–H and O–H groups in total. The van der Waals surface area contributed by atoms with Crippen LogP contribution in [-0.4, -0.2) is 42.1 Å². The SMILES string of the molecule is COc1ccc(NC(=O)C(c2ccc(C(C)C)cc2)N(Cc2ccc(F)cc2)C(=O)CN2C(=O)C(=O)c3ccccc32)cc1. The predicted octanol–water partition coefficient (Wildman–Crippen LogP) is 5.90. The highest BCUT2D eigenvalue weighted by atomic mass is 19.1. The number of fused-ring (bicyclic) bond motifs is 1. The van der Waals surface area contributed by atoms with Gasteiger partial charge in [-0.05, 0) is 71.1 Å². The van der Waals surface area contributed by atoms with Gasteiger partial charge in [0.15, 0.2) is 0 Å². The molecule has 1 heterocycles. The first-order valence-electron chi connectivity index (χ1n) is 14.2. The number of halogens is 1. The number of amides is 3. The number of carbonyl (C=O) groups is 4. The minimum atomic E-state index is -1.14. The van der Waals surface area contributed by atoms with E-state index in [1.807, 2.05) is 12.1 Å². The molecule has 224 valence electrons. The molecule has 1 aliphatic heterocycles. The van der Waals surface area contributed by atoms with Gasteiger partial charge >= 0.3 is 0 Å². The molecule has 0 aromatic heterocycles. The summed E-state index contributed by atoms with van der Waals surface area (Å²) in [4.78, 5) is 56.4. The third-order valence-corrected chi connectivity index (χ3v) is 7.60. The molecule has 3 amide bonds. The molecule has 44 heavy (non-hydrogen) atoms. The van der Waals surface area contributed by atoms with E-state index in [4.69, 9.17) is 4.74 Å². The van der Waals surface area contributed by atoms with Crippen molar-refractivity contribution in [2.24, 2.45) is 0 Å². The number of ether oxygens (including phenoxy) is 1. The third-order valence-electron chi connectivity index (χ3n) is 7.60. The molecule has 9 heteroatoms. The van der Waals surface area contributed by atoms with Gasteiger partial charge < -0.3 is 15.0 Å². The fraction of sp³-hybridized carbons (Fsp3) is 0.200. The Balaban J connectivity index is 1.55. The fourth-order valence-corrected chi connectivity index (χ4v) is 5.16. The van der Waals surface area contributed by atoms with E-state index in [-0.39, 0.29) is 18.0 Å². The Hall–Kier alpha value is -5.31. The number of anilines is 2. The monoisotopic (exact) mass is 593 g/mol. The number of Topliss-reactive ketones (excluding diaryl/α,β-unsaturated/α-hetero) is 1. The van der Waals surface area contributed by atoms with Gasteiger partial charge in [-0.3, -0.25) is 24.1 Å². The molecule has 0 fully saturated rings. The van der Waals surface area contributed by atoms with Crippen LogP contribution in [0.4, 0.5) is 15.8 Å². The molecule has 1 unspecified atom stereocenters. The normalized spacial score (nSPS) is 13.1. The largest absolute Gasteiger partial charge is 0.497 e. The smallest absolute Gasteiger partial charge is 0.299 e. The molecule has 1 atom stereocenters. The van der Waals surface area contributed by atoms with E-state index in [1.165, 1.54) is 35.2 Å². The zero-order chi connectivity index (χ0) is 31.4. The summed E-state index contributed by atoms with van der Waals surface area (Å²) in [6.07, 6.45) is 0. The second-order valence-corrected chi connectivity index (χ2v) is 10.8. The minimum Gasteiger partial charge on any atom is -0.497 e. The zero-order valence-electron chi connectivity index (χ0n) is 24.6. The van der Waals surface area contributed by atoms with Crippen molar-refractivity contribution in [1.29, 1.82) is 0 Å². The van der Waals surface area contributed by atoms with Crippen molar-refractivity contribution < 1.29 is 28.3 Å². The average Bonchev–Trinajstić information content (AvgIpc) is 3.27. The average molecular weight is 594 g/mol. The Morgan fingerprint density at radius 1 is 0.864 bits per heavy atom. The molecule has 0 saturated heterocycles. The van der Waals surface area contributed by atoms with E-state index in [9.17, 15) is 23.6 Å². The van der Waals surface area contributed by atoms with Crippen molar-refractivity contribution in [2.45, 2.75) is 32.4 Å². The maximum Gasteiger partial charge on any atom is 0.299 e. The van der Waals surface area contributed by atoms with Crippen molar-refractivity contribution in [2.75, 3.05) is 23.9 Å². The number of ketones is 1. The van der Waals surface area contributed by atoms with Gasteiger partial charge in [-0.1, -0.05) is 62.4 Å². The minimum absolute atomic E-state index is 0.0661. The van der Waals surface area contributed by atoms with Gasteiger partial charge in [-0.25, -0.2) is 4.39 Å². The Morgan fingerprint density at radius 3 is 2.14 bits per heavy atom. The van der Waals surface area contributed by atoms with Crippen molar-refractivity contribution in [3.63, 3.8) is 0 Å². The number of nitrogens with zero attached hydrogens (tertiary/aromatic N) is 2. The van der Waals surface area contributed by atoms with E-state index >= 15 is 0 Å². The molecule has 4 aromatic rings. The Morgan fingerprint density at radius 2 is 1.50 bits per heavy atom. The van der Waals surface area contributed by atoms with Gasteiger partial charge in [0.2, 0.25) is 5.91 Å². The number of rotatable bonds is 10. The molecule has 0 spiro atoms. The molecule has 0 bridgehead atoms. The first-order chi connectivity index (χ1) is 21.2. The van der Waals surface area contributed by atoms with Crippen LogP contribution in [0.3, 0.4) is 0 Å². The number of hydrogen-bond acceptors (Lipinski definition) is 5. The third kappa shape index (κ3) is 6.36. The summed E-state index contributed by atoms with van der Waals surface area (Å²) in [6.45, 7) is 3.57. The van der Waals surface area contributed by atoms with Gasteiger partial charge in [0.25, 0.3) is 17.6 Å². The lowest BCUT2D eigenvalue weighted by atomic mass is 9.97. The van der Waals surface area contributed by atoms with E-state index in [2.05, 4.69) is 19.2 Å². The highest BCUT2D eigenvalue weighted by Gasteiger charge is 2.39. The van der Waals surface area contributed by atoms with Crippen LogP contribution in [0.1, 0.15) is 52.9 Å². The summed E-state index contributed by atoms with van der Waals surface area (Å²) in [5, 5.41) is 2.90. The van der Waals surface area contributed by atoms with Gasteiger partial charge in [0, 0.05) is 12.2 Å². The van der Waals surface area contributed by atoms with Crippen LogP contribution >= 0.6 is 0 Å². The number of nitrogens with one attached hydrogen (secondary N) is 1. The Kier molecular flexibility index (Phi) is 8.85. The highest BCUT2D eigenvalue weighted by molar-refractivity contribution is 6.52. The Labute approximate surface area is 255 Å². The molecule has 0 radical (unpaired) electrons. The molecule has 4 aromatic carbocycles. The van der Waals surface area contributed by atoms with Crippen LogP contribution in [0.15, 0.2) is 97.1 Å². The summed E-state index contributed by atoms with van der Waals surface area (Å²) < 4.78 is 19.0. The van der Waals surface area contributed by atoms with E-state index < -0.39 is 41.9 Å². The molecule has 0 saturated carbocycles. The fourth-order valence-electron chi connectivity index (χ4n) is 5.16. The van der Waals surface area contributed by atoms with Crippen LogP contribution < -0.4 is 15.0 Å². The van der Waals surface area contributed by atoms with Crippen LogP contribution in [-0.2, 0) is 20.9 Å². The van der Waals surface area contributed by atoms with Crippen molar-refractivity contribution in [3.8, 4) is 5.75 Å². The molecular weight excluding hydrogens is 561 g/mol. The number of benzene rings is 4. The van der Waals surface area contributed by atoms with Crippen molar-refractivity contribution in [3.05, 3.63) is 125 Å². The first-order valence-corrected chi connectivity index (χ1v) is 14.2. The second kappa shape index (κ2) is 12.9. The molecule has 8 nitrogen and oxygen atoms in total. The standard InChI is InChI=1S/C35H32FN3O5/c1-22(2)24-10-12-25(13-11-24)32(34(42)37-27-16-18-28(44-3)19-17-27)39(20-23-8-14-26(36)15-9-23)31(40)21-38-30-7-5-4-6-29(30)33(41)35(38)43/h4-19,22,32H,20-21H2,1-3H3,(H,37,42). The predicted molar refractivity (Wildman–Crippen MR) is 165 cm³/mol. The number of hydrogen-bond donors (Lipinski definition) is 1.